The van der Waals surface area contributed by atoms with Gasteiger partial charge in [-0.05, 0) is 24.6 Å². The first-order valence-corrected chi connectivity index (χ1v) is 7.08. The van der Waals surface area contributed by atoms with Gasteiger partial charge in [0.25, 0.3) is 0 Å². The Labute approximate surface area is 122 Å². The topological polar surface area (TPSA) is 42.7 Å². The first-order valence-electron chi connectivity index (χ1n) is 7.08. The third-order valence-corrected chi connectivity index (χ3v) is 3.86. The van der Waals surface area contributed by atoms with Crippen molar-refractivity contribution in [1.82, 2.24) is 14.4 Å². The molecule has 0 N–H and O–H groups in total. The van der Waals surface area contributed by atoms with Crippen LogP contribution in [0.2, 0.25) is 0 Å². The molecule has 21 heavy (non-hydrogen) atoms. The Kier molecular flexibility index (Phi) is 2.77. The lowest BCUT2D eigenvalue weighted by molar-refractivity contribution is 0.415. The van der Waals surface area contributed by atoms with Gasteiger partial charge in [-0.25, -0.2) is 4.98 Å². The van der Waals surface area contributed by atoms with Crippen molar-refractivity contribution >= 4 is 11.6 Å². The van der Waals surface area contributed by atoms with Crippen LogP contribution in [0.5, 0.6) is 5.75 Å². The van der Waals surface area contributed by atoms with Gasteiger partial charge in [-0.15, -0.1) is 0 Å². The third-order valence-electron chi connectivity index (χ3n) is 3.86. The number of ether oxygens (including phenoxy) is 1. The molecule has 3 heterocycles. The van der Waals surface area contributed by atoms with Gasteiger partial charge in [0.2, 0.25) is 5.78 Å². The Morgan fingerprint density at radius 1 is 1.14 bits per heavy atom. The van der Waals surface area contributed by atoms with Crippen LogP contribution in [0.25, 0.3) is 17.0 Å². The van der Waals surface area contributed by atoms with Crippen molar-refractivity contribution in [2.45, 2.75) is 6.42 Å². The zero-order chi connectivity index (χ0) is 14.2. The number of anilines is 1. The monoisotopic (exact) mass is 280 g/mol. The van der Waals surface area contributed by atoms with Crippen LogP contribution in [-0.2, 0) is 0 Å². The normalized spacial score (nSPS) is 14.2. The van der Waals surface area contributed by atoms with Gasteiger partial charge < -0.3 is 9.64 Å². The van der Waals surface area contributed by atoms with Crippen molar-refractivity contribution in [3.8, 4) is 17.0 Å². The van der Waals surface area contributed by atoms with Gasteiger partial charge in [0.05, 0.1) is 12.8 Å². The zero-order valence-corrected chi connectivity index (χ0v) is 11.9. The Balaban J connectivity index is 1.75. The molecule has 5 nitrogen and oxygen atoms in total. The summed E-state index contributed by atoms with van der Waals surface area (Å²) in [4.78, 5) is 11.5. The molecule has 0 atom stereocenters. The van der Waals surface area contributed by atoms with Crippen molar-refractivity contribution < 1.29 is 4.74 Å². The maximum Gasteiger partial charge on any atom is 0.236 e. The Morgan fingerprint density at radius 3 is 2.81 bits per heavy atom. The fraction of sp³-hybridized carbons (Fsp3) is 0.250. The van der Waals surface area contributed by atoms with E-state index in [0.29, 0.717) is 0 Å². The van der Waals surface area contributed by atoms with E-state index in [1.54, 1.807) is 7.11 Å². The number of methoxy groups -OCH3 is 1. The molecular weight excluding hydrogens is 264 g/mol. The predicted octanol–water partition coefficient (Wildman–Crippen LogP) is 2.62. The maximum absolute atomic E-state index is 5.27. The summed E-state index contributed by atoms with van der Waals surface area (Å²) in [6.07, 6.45) is 5.26. The van der Waals surface area contributed by atoms with Crippen molar-refractivity contribution in [2.75, 3.05) is 25.1 Å². The second-order valence-corrected chi connectivity index (χ2v) is 5.19. The second kappa shape index (κ2) is 4.77. The van der Waals surface area contributed by atoms with Gasteiger partial charge >= 0.3 is 0 Å². The number of hydrogen-bond donors (Lipinski definition) is 0. The van der Waals surface area contributed by atoms with Crippen LogP contribution >= 0.6 is 0 Å². The van der Waals surface area contributed by atoms with Gasteiger partial charge in [-0.3, -0.25) is 4.40 Å². The van der Waals surface area contributed by atoms with Crippen molar-refractivity contribution in [3.05, 3.63) is 42.7 Å². The summed E-state index contributed by atoms with van der Waals surface area (Å²) in [5, 5.41) is 0. The van der Waals surface area contributed by atoms with E-state index >= 15 is 0 Å². The molecule has 0 aliphatic carbocycles. The highest BCUT2D eigenvalue weighted by molar-refractivity contribution is 5.63. The molecule has 2 aromatic heterocycles. The lowest BCUT2D eigenvalue weighted by Crippen LogP contribution is -2.37. The highest BCUT2D eigenvalue weighted by Crippen LogP contribution is 2.24. The first kappa shape index (κ1) is 12.2. The van der Waals surface area contributed by atoms with E-state index in [4.69, 9.17) is 4.74 Å². The molecule has 1 saturated heterocycles. The molecule has 0 spiro atoms. The number of benzene rings is 1. The Hall–Kier alpha value is -2.56. The lowest BCUT2D eigenvalue weighted by atomic mass is 10.1. The van der Waals surface area contributed by atoms with Crippen LogP contribution in [0.15, 0.2) is 42.7 Å². The molecule has 1 aliphatic heterocycles. The summed E-state index contributed by atoms with van der Waals surface area (Å²) >= 11 is 0. The van der Waals surface area contributed by atoms with Crippen molar-refractivity contribution in [3.63, 3.8) is 0 Å². The SMILES string of the molecule is COc1cccc(-c2cn3ccc(N4CCC4)nc3n2)c1. The van der Waals surface area contributed by atoms with Crippen LogP contribution in [-0.4, -0.2) is 34.6 Å². The fourth-order valence-corrected chi connectivity index (χ4v) is 2.51. The number of aromatic nitrogens is 3. The van der Waals surface area contributed by atoms with E-state index in [9.17, 15) is 0 Å². The summed E-state index contributed by atoms with van der Waals surface area (Å²) in [7, 11) is 1.67. The average molecular weight is 280 g/mol. The fourth-order valence-electron chi connectivity index (χ4n) is 2.51. The van der Waals surface area contributed by atoms with Crippen LogP contribution in [0, 0.1) is 0 Å². The molecular formula is C16H16N4O. The molecule has 3 aromatic rings. The van der Waals surface area contributed by atoms with E-state index < -0.39 is 0 Å². The van der Waals surface area contributed by atoms with E-state index in [-0.39, 0.29) is 0 Å². The molecule has 0 bridgehead atoms. The van der Waals surface area contributed by atoms with E-state index in [1.807, 2.05) is 47.1 Å². The Bertz CT molecular complexity index is 792. The summed E-state index contributed by atoms with van der Waals surface area (Å²) in [5.41, 5.74) is 1.94. The number of rotatable bonds is 3. The molecule has 0 amide bonds. The van der Waals surface area contributed by atoms with E-state index in [2.05, 4.69) is 14.9 Å². The Morgan fingerprint density at radius 2 is 2.05 bits per heavy atom. The maximum atomic E-state index is 5.27. The van der Waals surface area contributed by atoms with E-state index in [1.165, 1.54) is 6.42 Å². The van der Waals surface area contributed by atoms with Crippen LogP contribution in [0.4, 0.5) is 5.82 Å². The molecule has 1 aromatic carbocycles. The van der Waals surface area contributed by atoms with Crippen LogP contribution < -0.4 is 9.64 Å². The number of hydrogen-bond acceptors (Lipinski definition) is 4. The number of fused-ring (bicyclic) bond motifs is 1. The highest BCUT2D eigenvalue weighted by atomic mass is 16.5. The summed E-state index contributed by atoms with van der Waals surface area (Å²) in [6, 6.07) is 9.96. The molecule has 0 unspecified atom stereocenters. The first-order chi connectivity index (χ1) is 10.3. The van der Waals surface area contributed by atoms with Gasteiger partial charge in [0.15, 0.2) is 0 Å². The molecule has 0 radical (unpaired) electrons. The average Bonchev–Trinajstić information content (AvgIpc) is 2.89. The van der Waals surface area contributed by atoms with Crippen LogP contribution in [0.1, 0.15) is 6.42 Å². The van der Waals surface area contributed by atoms with Gasteiger partial charge in [-0.2, -0.15) is 4.98 Å². The smallest absolute Gasteiger partial charge is 0.236 e. The van der Waals surface area contributed by atoms with Crippen molar-refractivity contribution in [2.24, 2.45) is 0 Å². The standard InChI is InChI=1S/C16H16N4O/c1-21-13-5-2-4-12(10-13)14-11-20-9-6-15(18-16(20)17-14)19-7-3-8-19/h2,4-6,9-11H,3,7-8H2,1H3. The number of nitrogens with zero attached hydrogens (tertiary/aromatic N) is 4. The summed E-state index contributed by atoms with van der Waals surface area (Å²) in [6.45, 7) is 2.18. The summed E-state index contributed by atoms with van der Waals surface area (Å²) < 4.78 is 7.22. The zero-order valence-electron chi connectivity index (χ0n) is 11.9. The molecule has 0 saturated carbocycles. The van der Waals surface area contributed by atoms with Gasteiger partial charge in [-0.1, -0.05) is 12.1 Å². The molecule has 1 aliphatic rings. The third kappa shape index (κ3) is 2.11. The minimum atomic E-state index is 0.734. The molecule has 106 valence electrons. The second-order valence-electron chi connectivity index (χ2n) is 5.19. The largest absolute Gasteiger partial charge is 0.497 e. The van der Waals surface area contributed by atoms with Gasteiger partial charge in [0, 0.05) is 31.0 Å². The summed E-state index contributed by atoms with van der Waals surface area (Å²) in [5.74, 6) is 2.58. The minimum Gasteiger partial charge on any atom is -0.497 e. The quantitative estimate of drug-likeness (QED) is 0.739. The lowest BCUT2D eigenvalue weighted by Gasteiger charge is -2.31. The van der Waals surface area contributed by atoms with Crippen LogP contribution in [0.3, 0.4) is 0 Å². The molecule has 5 heteroatoms. The molecule has 4 rings (SSSR count). The van der Waals surface area contributed by atoms with E-state index in [0.717, 1.165) is 41.7 Å². The van der Waals surface area contributed by atoms with Crippen molar-refractivity contribution in [1.29, 1.82) is 0 Å². The minimum absolute atomic E-state index is 0.734. The number of imidazole rings is 1. The highest BCUT2D eigenvalue weighted by Gasteiger charge is 2.16. The predicted molar refractivity (Wildman–Crippen MR) is 81.8 cm³/mol. The van der Waals surface area contributed by atoms with Gasteiger partial charge in [0.1, 0.15) is 11.6 Å². The molecule has 1 fully saturated rings.